The van der Waals surface area contributed by atoms with E-state index < -0.39 is 17.6 Å². The molecule has 0 bridgehead atoms. The fourth-order valence-electron chi connectivity index (χ4n) is 1.83. The molecular weight excluding hydrogens is 297 g/mol. The van der Waals surface area contributed by atoms with E-state index in [0.717, 1.165) is 18.2 Å². The van der Waals surface area contributed by atoms with E-state index in [1.807, 2.05) is 0 Å². The van der Waals surface area contributed by atoms with E-state index in [9.17, 15) is 22.9 Å². The summed E-state index contributed by atoms with van der Waals surface area (Å²) < 4.78 is 37.9. The maximum atomic E-state index is 12.6. The van der Waals surface area contributed by atoms with Crippen LogP contribution in [0.4, 0.5) is 24.5 Å². The van der Waals surface area contributed by atoms with Gasteiger partial charge in [-0.25, -0.2) is 0 Å². The lowest BCUT2D eigenvalue weighted by molar-refractivity contribution is -0.137. The van der Waals surface area contributed by atoms with Gasteiger partial charge in [-0.15, -0.1) is 4.91 Å². The number of carbonyl (C=O) groups excluding carboxylic acids is 1. The molecule has 0 saturated heterocycles. The average molecular weight is 308 g/mol. The molecule has 1 N–H and O–H groups in total. The predicted octanol–water partition coefficient (Wildman–Crippen LogP) is 4.66. The molecule has 0 aromatic heterocycles. The van der Waals surface area contributed by atoms with Crippen molar-refractivity contribution in [1.82, 2.24) is 0 Å². The van der Waals surface area contributed by atoms with E-state index in [1.165, 1.54) is 18.2 Å². The first-order chi connectivity index (χ1) is 10.3. The van der Waals surface area contributed by atoms with Gasteiger partial charge in [-0.05, 0) is 48.0 Å². The summed E-state index contributed by atoms with van der Waals surface area (Å²) in [5, 5.41) is 5.24. The van der Waals surface area contributed by atoms with Crippen molar-refractivity contribution in [2.75, 3.05) is 5.32 Å². The summed E-state index contributed by atoms with van der Waals surface area (Å²) in [4.78, 5) is 22.6. The molecule has 0 radical (unpaired) electrons. The molecular formula is C15H11F3N2O2. The van der Waals surface area contributed by atoms with Crippen LogP contribution in [-0.2, 0) is 6.18 Å². The first-order valence-corrected chi connectivity index (χ1v) is 6.24. The molecule has 4 nitrogen and oxygen atoms in total. The molecule has 0 aliphatic carbocycles. The number of alkyl halides is 3. The van der Waals surface area contributed by atoms with Gasteiger partial charge in [0.15, 0.2) is 0 Å². The van der Waals surface area contributed by atoms with Crippen molar-refractivity contribution in [3.05, 3.63) is 64.1 Å². The number of halogens is 3. The summed E-state index contributed by atoms with van der Waals surface area (Å²) in [7, 11) is 0. The van der Waals surface area contributed by atoms with E-state index in [-0.39, 0.29) is 16.9 Å². The van der Waals surface area contributed by atoms with Crippen LogP contribution in [0.1, 0.15) is 21.5 Å². The second-order valence-corrected chi connectivity index (χ2v) is 4.63. The van der Waals surface area contributed by atoms with Crippen LogP contribution >= 0.6 is 0 Å². The minimum absolute atomic E-state index is 0.129. The van der Waals surface area contributed by atoms with Crippen LogP contribution < -0.4 is 5.32 Å². The monoisotopic (exact) mass is 308 g/mol. The largest absolute Gasteiger partial charge is 0.416 e. The maximum Gasteiger partial charge on any atom is 0.416 e. The molecule has 0 unspecified atom stereocenters. The first-order valence-electron chi connectivity index (χ1n) is 6.24. The molecule has 2 aromatic carbocycles. The average Bonchev–Trinajstić information content (AvgIpc) is 2.48. The third-order valence-electron chi connectivity index (χ3n) is 3.02. The second kappa shape index (κ2) is 5.97. The molecule has 2 aromatic rings. The zero-order valence-electron chi connectivity index (χ0n) is 11.4. The summed E-state index contributed by atoms with van der Waals surface area (Å²) in [5.74, 6) is -0.702. The number of nitrogens with zero attached hydrogens (tertiary/aromatic N) is 1. The smallest absolute Gasteiger partial charge is 0.322 e. The van der Waals surface area contributed by atoms with Crippen molar-refractivity contribution in [2.45, 2.75) is 13.1 Å². The van der Waals surface area contributed by atoms with Gasteiger partial charge in [0.05, 0.1) is 5.56 Å². The quantitative estimate of drug-likeness (QED) is 0.838. The third kappa shape index (κ3) is 3.49. The Kier molecular flexibility index (Phi) is 4.25. The molecule has 0 fully saturated rings. The summed E-state index contributed by atoms with van der Waals surface area (Å²) in [5.41, 5.74) is 0.0341. The van der Waals surface area contributed by atoms with Gasteiger partial charge < -0.3 is 5.32 Å². The predicted molar refractivity (Wildman–Crippen MR) is 76.0 cm³/mol. The fourth-order valence-corrected chi connectivity index (χ4v) is 1.83. The topological polar surface area (TPSA) is 58.5 Å². The molecule has 114 valence electrons. The standard InChI is InChI=1S/C15H11F3N2O2/c1-9-5-6-12(8-13(9)20-22)19-14(21)10-3-2-4-11(7-10)15(16,17)18/h2-8H,1H3,(H,19,21). The van der Waals surface area contributed by atoms with Crippen molar-refractivity contribution >= 4 is 17.3 Å². The second-order valence-electron chi connectivity index (χ2n) is 4.63. The Morgan fingerprint density at radius 3 is 2.50 bits per heavy atom. The highest BCUT2D eigenvalue weighted by Crippen LogP contribution is 2.30. The number of rotatable bonds is 3. The summed E-state index contributed by atoms with van der Waals surface area (Å²) >= 11 is 0. The zero-order valence-corrected chi connectivity index (χ0v) is 11.4. The Bertz CT molecular complexity index is 727. The van der Waals surface area contributed by atoms with Crippen LogP contribution in [0.15, 0.2) is 47.6 Å². The Morgan fingerprint density at radius 2 is 1.86 bits per heavy atom. The Morgan fingerprint density at radius 1 is 1.14 bits per heavy atom. The van der Waals surface area contributed by atoms with Crippen LogP contribution in [0, 0.1) is 11.8 Å². The van der Waals surface area contributed by atoms with E-state index in [0.29, 0.717) is 5.56 Å². The lowest BCUT2D eigenvalue weighted by Crippen LogP contribution is -2.13. The highest BCUT2D eigenvalue weighted by molar-refractivity contribution is 6.04. The van der Waals surface area contributed by atoms with Gasteiger partial charge in [-0.3, -0.25) is 4.79 Å². The van der Waals surface area contributed by atoms with E-state index in [1.54, 1.807) is 13.0 Å². The minimum atomic E-state index is -4.52. The zero-order chi connectivity index (χ0) is 16.3. The van der Waals surface area contributed by atoms with Crippen molar-refractivity contribution in [2.24, 2.45) is 5.18 Å². The minimum Gasteiger partial charge on any atom is -0.322 e. The molecule has 0 aliphatic heterocycles. The third-order valence-corrected chi connectivity index (χ3v) is 3.02. The lowest BCUT2D eigenvalue weighted by atomic mass is 10.1. The van der Waals surface area contributed by atoms with Crippen LogP contribution in [-0.4, -0.2) is 5.91 Å². The van der Waals surface area contributed by atoms with Gasteiger partial charge in [-0.2, -0.15) is 13.2 Å². The summed E-state index contributed by atoms with van der Waals surface area (Å²) in [6, 6.07) is 8.56. The molecule has 1 amide bonds. The number of benzene rings is 2. The van der Waals surface area contributed by atoms with Gasteiger partial charge in [0.1, 0.15) is 5.69 Å². The fraction of sp³-hybridized carbons (Fsp3) is 0.133. The molecule has 0 atom stereocenters. The molecule has 22 heavy (non-hydrogen) atoms. The SMILES string of the molecule is Cc1ccc(NC(=O)c2cccc(C(F)(F)F)c2)cc1N=O. The van der Waals surface area contributed by atoms with Crippen molar-refractivity contribution < 1.29 is 18.0 Å². The molecule has 0 saturated carbocycles. The summed E-state index contributed by atoms with van der Waals surface area (Å²) in [6.45, 7) is 1.68. The number of hydrogen-bond donors (Lipinski definition) is 1. The number of hydrogen-bond acceptors (Lipinski definition) is 3. The Hall–Kier alpha value is -2.70. The highest BCUT2D eigenvalue weighted by Gasteiger charge is 2.30. The van der Waals surface area contributed by atoms with Gasteiger partial charge in [0, 0.05) is 11.3 Å². The highest BCUT2D eigenvalue weighted by atomic mass is 19.4. The van der Waals surface area contributed by atoms with Gasteiger partial charge in [0.2, 0.25) is 0 Å². The van der Waals surface area contributed by atoms with Gasteiger partial charge >= 0.3 is 6.18 Å². The van der Waals surface area contributed by atoms with Gasteiger partial charge in [0.25, 0.3) is 5.91 Å². The number of aryl methyl sites for hydroxylation is 1. The molecule has 2 rings (SSSR count). The van der Waals surface area contributed by atoms with E-state index in [2.05, 4.69) is 10.5 Å². The number of nitrogens with one attached hydrogen (secondary N) is 1. The summed E-state index contributed by atoms with van der Waals surface area (Å²) in [6.07, 6.45) is -4.52. The first kappa shape index (κ1) is 15.7. The van der Waals surface area contributed by atoms with Crippen LogP contribution in [0.25, 0.3) is 0 Å². The van der Waals surface area contributed by atoms with Crippen molar-refractivity contribution in [3.8, 4) is 0 Å². The normalized spacial score (nSPS) is 11.1. The molecule has 0 spiro atoms. The van der Waals surface area contributed by atoms with E-state index in [4.69, 9.17) is 0 Å². The number of carbonyl (C=O) groups is 1. The van der Waals surface area contributed by atoms with Crippen LogP contribution in [0.2, 0.25) is 0 Å². The number of anilines is 1. The number of nitroso groups, excluding NO2 is 1. The molecule has 7 heteroatoms. The van der Waals surface area contributed by atoms with Crippen LogP contribution in [0.3, 0.4) is 0 Å². The maximum absolute atomic E-state index is 12.6. The lowest BCUT2D eigenvalue weighted by Gasteiger charge is -2.10. The van der Waals surface area contributed by atoms with E-state index >= 15 is 0 Å². The molecule has 0 aliphatic rings. The van der Waals surface area contributed by atoms with Crippen molar-refractivity contribution in [3.63, 3.8) is 0 Å². The molecule has 0 heterocycles. The van der Waals surface area contributed by atoms with Gasteiger partial charge in [-0.1, -0.05) is 12.1 Å². The van der Waals surface area contributed by atoms with Crippen molar-refractivity contribution in [1.29, 1.82) is 0 Å². The van der Waals surface area contributed by atoms with Crippen LogP contribution in [0.5, 0.6) is 0 Å². The Labute approximate surface area is 123 Å². The Balaban J connectivity index is 2.24. The number of amides is 1.